The molecule has 0 radical (unpaired) electrons. The maximum Gasteiger partial charge on any atom is 0.253 e. The SMILES string of the molecule is C=C/C(C=O)=C(C(=O)NC)\C(N)=C/C.CC.CC.CNC(=O)CCCC=O. The number of carbonyl (C=O) groups is 4. The quantitative estimate of drug-likeness (QED) is 0.257. The summed E-state index contributed by atoms with van der Waals surface area (Å²) in [5.41, 5.74) is 6.17. The fourth-order valence-electron chi connectivity index (χ4n) is 1.38. The van der Waals surface area contributed by atoms with Crippen molar-refractivity contribution in [1.29, 1.82) is 0 Å². The second-order valence-corrected chi connectivity index (χ2v) is 4.21. The van der Waals surface area contributed by atoms with E-state index < -0.39 is 5.91 Å². The molecule has 2 amide bonds. The Morgan fingerprint density at radius 3 is 1.85 bits per heavy atom. The van der Waals surface area contributed by atoms with Crippen LogP contribution in [0.1, 0.15) is 53.9 Å². The van der Waals surface area contributed by atoms with Crippen molar-refractivity contribution in [2.45, 2.75) is 53.9 Å². The fraction of sp³-hybridized carbons (Fsp3) is 0.500. The van der Waals surface area contributed by atoms with Gasteiger partial charge in [-0.3, -0.25) is 14.4 Å². The molecule has 0 unspecified atom stereocenters. The van der Waals surface area contributed by atoms with E-state index in [1.54, 1.807) is 20.0 Å². The highest BCUT2D eigenvalue weighted by molar-refractivity contribution is 6.03. The molecule has 7 heteroatoms. The number of hydrogen-bond donors (Lipinski definition) is 3. The first-order chi connectivity index (χ1) is 12.9. The Bertz CT molecular complexity index is 485. The maximum atomic E-state index is 11.4. The first kappa shape index (κ1) is 32.0. The molecule has 0 bridgehead atoms. The van der Waals surface area contributed by atoms with Crippen molar-refractivity contribution < 1.29 is 19.2 Å². The summed E-state index contributed by atoms with van der Waals surface area (Å²) < 4.78 is 0. The number of rotatable bonds is 8. The van der Waals surface area contributed by atoms with Crippen molar-refractivity contribution in [3.63, 3.8) is 0 Å². The summed E-state index contributed by atoms with van der Waals surface area (Å²) in [6.45, 7) is 13.1. The van der Waals surface area contributed by atoms with Crippen LogP contribution in [0.3, 0.4) is 0 Å². The molecule has 0 aliphatic carbocycles. The molecule has 156 valence electrons. The highest BCUT2D eigenvalue weighted by Crippen LogP contribution is 2.10. The summed E-state index contributed by atoms with van der Waals surface area (Å²) in [5, 5.41) is 4.87. The van der Waals surface area contributed by atoms with Crippen LogP contribution < -0.4 is 16.4 Å². The average Bonchev–Trinajstić information content (AvgIpc) is 2.74. The van der Waals surface area contributed by atoms with Gasteiger partial charge in [0, 0.05) is 38.2 Å². The minimum Gasteiger partial charge on any atom is -0.398 e. The van der Waals surface area contributed by atoms with E-state index in [0.717, 1.165) is 6.29 Å². The van der Waals surface area contributed by atoms with E-state index in [-0.39, 0.29) is 22.8 Å². The molecule has 0 aliphatic heterocycles. The normalized spacial score (nSPS) is 9.96. The number of carbonyl (C=O) groups excluding carboxylic acids is 4. The molecular formula is C20H37N3O4. The van der Waals surface area contributed by atoms with Crippen molar-refractivity contribution in [3.8, 4) is 0 Å². The zero-order valence-corrected chi connectivity index (χ0v) is 17.8. The Morgan fingerprint density at radius 2 is 1.56 bits per heavy atom. The van der Waals surface area contributed by atoms with E-state index in [1.807, 2.05) is 27.7 Å². The van der Waals surface area contributed by atoms with Gasteiger partial charge in [0.25, 0.3) is 5.91 Å². The highest BCUT2D eigenvalue weighted by Gasteiger charge is 2.13. The lowest BCUT2D eigenvalue weighted by atomic mass is 10.1. The van der Waals surface area contributed by atoms with Gasteiger partial charge in [-0.25, -0.2) is 0 Å². The van der Waals surface area contributed by atoms with Crippen LogP contribution in [-0.4, -0.2) is 38.5 Å². The van der Waals surface area contributed by atoms with Gasteiger partial charge in [0.2, 0.25) is 5.91 Å². The number of nitrogens with one attached hydrogen (secondary N) is 2. The van der Waals surface area contributed by atoms with Crippen LogP contribution in [0.2, 0.25) is 0 Å². The standard InChI is InChI=1S/C10H14N2O2.C6H11NO2.2C2H6/c1-4-7(6-13)9(8(11)5-2)10(14)12-3;1-7-6(9)4-2-3-5-8;2*1-2/h4-6H,1,11H2,2-3H3,(H,12,14);5H,2-4H2,1H3,(H,7,9);2*1-2H3/b8-5+,9-7-;;;. The predicted octanol–water partition coefficient (Wildman–Crippen LogP) is 2.43. The van der Waals surface area contributed by atoms with E-state index in [0.29, 0.717) is 25.5 Å². The average molecular weight is 384 g/mol. The number of allylic oxidation sites excluding steroid dienone is 3. The van der Waals surface area contributed by atoms with Gasteiger partial charge < -0.3 is 21.2 Å². The molecule has 4 N–H and O–H groups in total. The Hall–Kier alpha value is -2.70. The highest BCUT2D eigenvalue weighted by atomic mass is 16.2. The largest absolute Gasteiger partial charge is 0.398 e. The molecule has 0 saturated heterocycles. The molecule has 27 heavy (non-hydrogen) atoms. The summed E-state index contributed by atoms with van der Waals surface area (Å²) in [5.74, 6) is -0.403. The van der Waals surface area contributed by atoms with Crippen LogP contribution >= 0.6 is 0 Å². The molecule has 0 aromatic rings. The molecule has 0 heterocycles. The Morgan fingerprint density at radius 1 is 1.04 bits per heavy atom. The zero-order valence-electron chi connectivity index (χ0n) is 17.8. The van der Waals surface area contributed by atoms with Gasteiger partial charge in [-0.2, -0.15) is 0 Å². The van der Waals surface area contributed by atoms with E-state index in [2.05, 4.69) is 17.2 Å². The van der Waals surface area contributed by atoms with Crippen molar-refractivity contribution in [2.24, 2.45) is 5.73 Å². The number of likely N-dealkylation sites (N-methyl/N-ethyl adjacent to an activating group) is 1. The van der Waals surface area contributed by atoms with E-state index >= 15 is 0 Å². The summed E-state index contributed by atoms with van der Waals surface area (Å²) in [6.07, 6.45) is 5.81. The smallest absolute Gasteiger partial charge is 0.253 e. The topological polar surface area (TPSA) is 118 Å². The molecule has 0 aromatic carbocycles. The first-order valence-electron chi connectivity index (χ1n) is 9.03. The molecule has 7 nitrogen and oxygen atoms in total. The summed E-state index contributed by atoms with van der Waals surface area (Å²) in [4.78, 5) is 42.2. The number of nitrogens with two attached hydrogens (primary N) is 1. The summed E-state index contributed by atoms with van der Waals surface area (Å²) in [7, 11) is 3.06. The van der Waals surface area contributed by atoms with Gasteiger partial charge in [-0.15, -0.1) is 0 Å². The maximum absolute atomic E-state index is 11.4. The van der Waals surface area contributed by atoms with Crippen LogP contribution in [0.25, 0.3) is 0 Å². The third kappa shape index (κ3) is 17.9. The Kier molecular flexibility index (Phi) is 30.3. The Balaban J connectivity index is -0.000000175. The van der Waals surface area contributed by atoms with Crippen molar-refractivity contribution in [1.82, 2.24) is 10.6 Å². The second-order valence-electron chi connectivity index (χ2n) is 4.21. The van der Waals surface area contributed by atoms with Gasteiger partial charge in [-0.05, 0) is 13.3 Å². The fourth-order valence-corrected chi connectivity index (χ4v) is 1.38. The van der Waals surface area contributed by atoms with Crippen LogP contribution in [0.15, 0.2) is 35.6 Å². The van der Waals surface area contributed by atoms with Crippen molar-refractivity contribution >= 4 is 24.4 Å². The monoisotopic (exact) mass is 383 g/mol. The van der Waals surface area contributed by atoms with Gasteiger partial charge in [0.15, 0.2) is 6.29 Å². The van der Waals surface area contributed by atoms with Gasteiger partial charge >= 0.3 is 0 Å². The van der Waals surface area contributed by atoms with Gasteiger partial charge in [0.1, 0.15) is 6.29 Å². The van der Waals surface area contributed by atoms with Gasteiger partial charge in [-0.1, -0.05) is 46.4 Å². The zero-order chi connectivity index (χ0) is 22.3. The Labute approximate surface area is 164 Å². The van der Waals surface area contributed by atoms with Crippen LogP contribution in [0, 0.1) is 0 Å². The van der Waals surface area contributed by atoms with Crippen molar-refractivity contribution in [2.75, 3.05) is 14.1 Å². The van der Waals surface area contributed by atoms with Gasteiger partial charge in [0.05, 0.1) is 5.57 Å². The molecule has 0 atom stereocenters. The van der Waals surface area contributed by atoms with Crippen LogP contribution in [-0.2, 0) is 19.2 Å². The lowest BCUT2D eigenvalue weighted by Crippen LogP contribution is -2.25. The minimum absolute atomic E-state index is 0.00292. The molecular weight excluding hydrogens is 346 g/mol. The number of hydrogen-bond acceptors (Lipinski definition) is 5. The molecule has 0 aromatic heterocycles. The van der Waals surface area contributed by atoms with E-state index in [9.17, 15) is 19.2 Å². The predicted molar refractivity (Wildman–Crippen MR) is 112 cm³/mol. The molecule has 0 fully saturated rings. The number of aldehydes is 2. The van der Waals surface area contributed by atoms with E-state index in [1.165, 1.54) is 13.1 Å². The number of unbranched alkanes of at least 4 members (excludes halogenated alkanes) is 1. The molecule has 0 aliphatic rings. The second kappa shape index (κ2) is 25.5. The lowest BCUT2D eigenvalue weighted by Gasteiger charge is -2.07. The van der Waals surface area contributed by atoms with E-state index in [4.69, 9.17) is 5.73 Å². The first-order valence-corrected chi connectivity index (χ1v) is 9.03. The molecule has 0 saturated carbocycles. The third-order valence-corrected chi connectivity index (χ3v) is 2.69. The van der Waals surface area contributed by atoms with Crippen molar-refractivity contribution in [3.05, 3.63) is 35.6 Å². The summed E-state index contributed by atoms with van der Waals surface area (Å²) in [6, 6.07) is 0. The molecule has 0 rings (SSSR count). The summed E-state index contributed by atoms with van der Waals surface area (Å²) >= 11 is 0. The number of amides is 2. The third-order valence-electron chi connectivity index (χ3n) is 2.69. The van der Waals surface area contributed by atoms with Crippen LogP contribution in [0.5, 0.6) is 0 Å². The lowest BCUT2D eigenvalue weighted by molar-refractivity contribution is -0.120. The van der Waals surface area contributed by atoms with Crippen LogP contribution in [0.4, 0.5) is 0 Å². The molecule has 0 spiro atoms. The minimum atomic E-state index is -0.400.